The highest BCUT2D eigenvalue weighted by Gasteiger charge is 2.18. The minimum atomic E-state index is -3.96. The summed E-state index contributed by atoms with van der Waals surface area (Å²) < 4.78 is 22.4. The molecule has 0 bridgehead atoms. The number of hydrogen-bond acceptors (Lipinski definition) is 6. The zero-order chi connectivity index (χ0) is 16.3. The van der Waals surface area contributed by atoms with Crippen LogP contribution in [-0.2, 0) is 10.0 Å². The van der Waals surface area contributed by atoms with E-state index in [9.17, 15) is 18.5 Å². The molecular weight excluding hydrogens is 296 g/mol. The molecule has 0 spiro atoms. The Kier molecular flexibility index (Phi) is 5.26. The second-order valence-corrected chi connectivity index (χ2v) is 7.15. The number of benzene rings is 1. The third kappa shape index (κ3) is 5.66. The first-order valence-corrected chi connectivity index (χ1v) is 7.85. The number of nitro groups is 1. The highest BCUT2D eigenvalue weighted by Crippen LogP contribution is 2.26. The van der Waals surface area contributed by atoms with E-state index in [2.05, 4.69) is 10.6 Å². The Hall–Kier alpha value is -1.71. The van der Waals surface area contributed by atoms with Crippen LogP contribution in [0.4, 0.5) is 11.4 Å². The lowest BCUT2D eigenvalue weighted by Gasteiger charge is -2.20. The van der Waals surface area contributed by atoms with E-state index in [1.807, 2.05) is 20.8 Å². The summed E-state index contributed by atoms with van der Waals surface area (Å²) in [6.45, 7) is 7.10. The third-order valence-corrected chi connectivity index (χ3v) is 3.50. The average Bonchev–Trinajstić information content (AvgIpc) is 2.32. The molecule has 0 radical (unpaired) electrons. The van der Waals surface area contributed by atoms with Gasteiger partial charge in [0.1, 0.15) is 5.69 Å². The van der Waals surface area contributed by atoms with Gasteiger partial charge in [0.05, 0.1) is 9.82 Å². The van der Waals surface area contributed by atoms with Crippen LogP contribution in [0, 0.1) is 10.1 Å². The number of nitrogens with one attached hydrogen (secondary N) is 2. The molecule has 0 heterocycles. The van der Waals surface area contributed by atoms with Gasteiger partial charge in [0.2, 0.25) is 10.0 Å². The predicted molar refractivity (Wildman–Crippen MR) is 80.7 cm³/mol. The van der Waals surface area contributed by atoms with Crippen LogP contribution in [-0.4, -0.2) is 32.0 Å². The molecule has 0 aliphatic heterocycles. The van der Waals surface area contributed by atoms with Gasteiger partial charge in [-0.2, -0.15) is 0 Å². The molecular formula is C12H20N4O4S. The quantitative estimate of drug-likeness (QED) is 0.409. The molecule has 1 rings (SSSR count). The first-order chi connectivity index (χ1) is 9.50. The number of primary sulfonamides is 1. The van der Waals surface area contributed by atoms with Crippen molar-refractivity contribution in [1.82, 2.24) is 5.32 Å². The van der Waals surface area contributed by atoms with Crippen molar-refractivity contribution in [2.24, 2.45) is 5.14 Å². The fraction of sp³-hybridized carbons (Fsp3) is 0.500. The second kappa shape index (κ2) is 6.37. The van der Waals surface area contributed by atoms with Crippen molar-refractivity contribution in [3.8, 4) is 0 Å². The van der Waals surface area contributed by atoms with Crippen LogP contribution in [0.1, 0.15) is 20.8 Å². The van der Waals surface area contributed by atoms with Gasteiger partial charge in [-0.25, -0.2) is 13.6 Å². The zero-order valence-electron chi connectivity index (χ0n) is 12.2. The molecule has 0 aromatic heterocycles. The number of sulfonamides is 1. The minimum Gasteiger partial charge on any atom is -0.378 e. The monoisotopic (exact) mass is 316 g/mol. The Labute approximate surface area is 123 Å². The van der Waals surface area contributed by atoms with E-state index < -0.39 is 14.9 Å². The van der Waals surface area contributed by atoms with Crippen molar-refractivity contribution in [3.05, 3.63) is 28.3 Å². The van der Waals surface area contributed by atoms with Crippen molar-refractivity contribution < 1.29 is 13.3 Å². The molecule has 4 N–H and O–H groups in total. The van der Waals surface area contributed by atoms with Crippen LogP contribution in [0.15, 0.2) is 23.1 Å². The molecule has 0 atom stereocenters. The minimum absolute atomic E-state index is 0.0505. The summed E-state index contributed by atoms with van der Waals surface area (Å²) in [6.07, 6.45) is 0. The molecule has 0 saturated heterocycles. The van der Waals surface area contributed by atoms with Gasteiger partial charge in [-0.1, -0.05) is 0 Å². The highest BCUT2D eigenvalue weighted by atomic mass is 32.2. The van der Waals surface area contributed by atoms with Gasteiger partial charge in [-0.3, -0.25) is 10.1 Å². The van der Waals surface area contributed by atoms with E-state index in [4.69, 9.17) is 5.14 Å². The molecule has 8 nitrogen and oxygen atoms in total. The van der Waals surface area contributed by atoms with Crippen molar-refractivity contribution >= 4 is 21.4 Å². The number of nitro benzene ring substituents is 1. The molecule has 0 amide bonds. The van der Waals surface area contributed by atoms with Crippen LogP contribution in [0.5, 0.6) is 0 Å². The van der Waals surface area contributed by atoms with Crippen LogP contribution in [0.25, 0.3) is 0 Å². The van der Waals surface area contributed by atoms with Crippen LogP contribution in [0.2, 0.25) is 0 Å². The van der Waals surface area contributed by atoms with Gasteiger partial charge in [0.15, 0.2) is 0 Å². The number of anilines is 1. The van der Waals surface area contributed by atoms with E-state index in [0.717, 1.165) is 6.07 Å². The van der Waals surface area contributed by atoms with E-state index in [0.29, 0.717) is 13.1 Å². The summed E-state index contributed by atoms with van der Waals surface area (Å²) in [5.74, 6) is 0. The SMILES string of the molecule is CC(C)(C)NCCNc1ccc(S(N)(=O)=O)cc1[N+](=O)[O-]. The Morgan fingerprint density at radius 2 is 1.90 bits per heavy atom. The molecule has 0 saturated carbocycles. The Balaban J connectivity index is 2.86. The van der Waals surface area contributed by atoms with E-state index in [-0.39, 0.29) is 21.8 Å². The number of nitrogens with zero attached hydrogens (tertiary/aromatic N) is 1. The van der Waals surface area contributed by atoms with Gasteiger partial charge in [-0.05, 0) is 32.9 Å². The van der Waals surface area contributed by atoms with Gasteiger partial charge in [0.25, 0.3) is 5.69 Å². The van der Waals surface area contributed by atoms with Crippen molar-refractivity contribution in [2.75, 3.05) is 18.4 Å². The van der Waals surface area contributed by atoms with Gasteiger partial charge in [-0.15, -0.1) is 0 Å². The lowest BCUT2D eigenvalue weighted by atomic mass is 10.1. The molecule has 0 fully saturated rings. The Morgan fingerprint density at radius 3 is 2.38 bits per heavy atom. The fourth-order valence-electron chi connectivity index (χ4n) is 1.62. The third-order valence-electron chi connectivity index (χ3n) is 2.59. The standard InChI is InChI=1S/C12H20N4O4S/c1-12(2,3)15-7-6-14-10-5-4-9(21(13,19)20)8-11(10)16(17)18/h4-5,8,14-15H,6-7H2,1-3H3,(H2,13,19,20). The van der Waals surface area contributed by atoms with Crippen molar-refractivity contribution in [3.63, 3.8) is 0 Å². The second-order valence-electron chi connectivity index (χ2n) is 5.58. The van der Waals surface area contributed by atoms with Gasteiger partial charge in [0, 0.05) is 24.7 Å². The van der Waals surface area contributed by atoms with E-state index in [1.165, 1.54) is 12.1 Å². The van der Waals surface area contributed by atoms with Gasteiger partial charge >= 0.3 is 0 Å². The van der Waals surface area contributed by atoms with Crippen molar-refractivity contribution in [2.45, 2.75) is 31.2 Å². The van der Waals surface area contributed by atoms with Crippen LogP contribution < -0.4 is 15.8 Å². The fourth-order valence-corrected chi connectivity index (χ4v) is 2.16. The zero-order valence-corrected chi connectivity index (χ0v) is 13.0. The maximum absolute atomic E-state index is 11.2. The number of rotatable bonds is 6. The van der Waals surface area contributed by atoms with Crippen LogP contribution >= 0.6 is 0 Å². The molecule has 0 unspecified atom stereocenters. The normalized spacial score (nSPS) is 12.2. The van der Waals surface area contributed by atoms with Gasteiger partial charge < -0.3 is 10.6 Å². The average molecular weight is 316 g/mol. The molecule has 9 heteroatoms. The Morgan fingerprint density at radius 1 is 1.29 bits per heavy atom. The summed E-state index contributed by atoms with van der Waals surface area (Å²) >= 11 is 0. The summed E-state index contributed by atoms with van der Waals surface area (Å²) in [5, 5.41) is 22.1. The summed E-state index contributed by atoms with van der Waals surface area (Å²) in [7, 11) is -3.96. The molecule has 1 aromatic carbocycles. The smallest absolute Gasteiger partial charge is 0.293 e. The summed E-state index contributed by atoms with van der Waals surface area (Å²) in [6, 6.07) is 3.53. The molecule has 118 valence electrons. The number of hydrogen-bond donors (Lipinski definition) is 3. The molecule has 0 aliphatic carbocycles. The molecule has 1 aromatic rings. The van der Waals surface area contributed by atoms with Crippen LogP contribution in [0.3, 0.4) is 0 Å². The first kappa shape index (κ1) is 17.3. The maximum Gasteiger partial charge on any atom is 0.293 e. The Bertz CT molecular complexity index is 623. The topological polar surface area (TPSA) is 127 Å². The van der Waals surface area contributed by atoms with E-state index >= 15 is 0 Å². The van der Waals surface area contributed by atoms with Crippen molar-refractivity contribution in [1.29, 1.82) is 0 Å². The largest absolute Gasteiger partial charge is 0.378 e. The maximum atomic E-state index is 11.2. The lowest BCUT2D eigenvalue weighted by Crippen LogP contribution is -2.38. The first-order valence-electron chi connectivity index (χ1n) is 6.31. The number of nitrogens with two attached hydrogens (primary N) is 1. The van der Waals surface area contributed by atoms with E-state index in [1.54, 1.807) is 0 Å². The summed E-state index contributed by atoms with van der Waals surface area (Å²) in [4.78, 5) is 10.1. The molecule has 0 aliphatic rings. The lowest BCUT2D eigenvalue weighted by molar-refractivity contribution is -0.384. The highest BCUT2D eigenvalue weighted by molar-refractivity contribution is 7.89. The predicted octanol–water partition coefficient (Wildman–Crippen LogP) is 1.04. The molecule has 21 heavy (non-hydrogen) atoms. The summed E-state index contributed by atoms with van der Waals surface area (Å²) in [5.41, 5.74) is -0.120.